The number of nitrogens with zero attached hydrogens (tertiary/aromatic N) is 1. The van der Waals surface area contributed by atoms with Gasteiger partial charge in [0.15, 0.2) is 0 Å². The first kappa shape index (κ1) is 39.9. The van der Waals surface area contributed by atoms with Gasteiger partial charge in [0, 0.05) is 25.2 Å². The van der Waals surface area contributed by atoms with E-state index in [1.807, 2.05) is 74.5 Å². The van der Waals surface area contributed by atoms with E-state index in [-0.39, 0.29) is 23.9 Å². The quantitative estimate of drug-likeness (QED) is 0.118. The molecule has 0 spiro atoms. The van der Waals surface area contributed by atoms with Gasteiger partial charge in [-0.2, -0.15) is 0 Å². The van der Waals surface area contributed by atoms with Crippen LogP contribution in [0, 0.1) is 5.92 Å². The van der Waals surface area contributed by atoms with E-state index in [2.05, 4.69) is 16.0 Å². The van der Waals surface area contributed by atoms with Crippen molar-refractivity contribution in [3.05, 3.63) is 71.8 Å². The zero-order valence-corrected chi connectivity index (χ0v) is 30.5. The van der Waals surface area contributed by atoms with Crippen molar-refractivity contribution >= 4 is 30.8 Å². The Balaban J connectivity index is 1.76. The Morgan fingerprint density at radius 2 is 1.29 bits per heavy atom. The van der Waals surface area contributed by atoms with Gasteiger partial charge in [-0.05, 0) is 81.9 Å². The van der Waals surface area contributed by atoms with Crippen LogP contribution in [0.25, 0.3) is 0 Å². The molecule has 7 N–H and O–H groups in total. The first-order chi connectivity index (χ1) is 23.3. The summed E-state index contributed by atoms with van der Waals surface area (Å²) < 4.78 is 12.6. The van der Waals surface area contributed by atoms with Gasteiger partial charge in [-0.15, -0.1) is 0 Å². The number of amides is 4. The molecule has 2 aromatic carbocycles. The maximum Gasteiger partial charge on any atom is 0.245 e. The Bertz CT molecular complexity index is 1390. The van der Waals surface area contributed by atoms with Gasteiger partial charge in [-0.25, -0.2) is 0 Å². The molecule has 1 aliphatic heterocycles. The Morgan fingerprint density at radius 3 is 1.82 bits per heavy atom. The van der Waals surface area contributed by atoms with Crippen molar-refractivity contribution in [3.63, 3.8) is 0 Å². The number of hydrogen-bond acceptors (Lipinski definition) is 7. The van der Waals surface area contributed by atoms with Crippen LogP contribution in [0.5, 0.6) is 0 Å². The third-order valence-electron chi connectivity index (χ3n) is 9.11. The van der Waals surface area contributed by atoms with Gasteiger partial charge in [0.25, 0.3) is 0 Å². The maximum absolute atomic E-state index is 13.9. The molecule has 1 heterocycles. The van der Waals surface area contributed by atoms with Crippen LogP contribution in [-0.2, 0) is 36.6 Å². The van der Waals surface area contributed by atoms with Crippen LogP contribution < -0.4 is 27.4 Å². The van der Waals surface area contributed by atoms with Crippen molar-refractivity contribution < 1.29 is 23.7 Å². The summed E-state index contributed by atoms with van der Waals surface area (Å²) in [6.07, 6.45) is 3.92. The average molecular weight is 697 g/mol. The normalized spacial score (nSPS) is 16.3. The lowest BCUT2D eigenvalue weighted by Gasteiger charge is -2.36. The summed E-state index contributed by atoms with van der Waals surface area (Å²) in [6, 6.07) is 15.1. The van der Waals surface area contributed by atoms with Crippen molar-refractivity contribution in [1.29, 1.82) is 0 Å². The summed E-state index contributed by atoms with van der Waals surface area (Å²) in [5, 5.41) is 8.68. The van der Waals surface area contributed by atoms with Crippen LogP contribution in [0.1, 0.15) is 63.5 Å². The molecule has 3 rings (SSSR count). The van der Waals surface area contributed by atoms with Crippen molar-refractivity contribution in [1.82, 2.24) is 20.9 Å². The van der Waals surface area contributed by atoms with Gasteiger partial charge in [0.05, 0.1) is 13.2 Å². The lowest BCUT2D eigenvalue weighted by Crippen LogP contribution is -2.59. The van der Waals surface area contributed by atoms with E-state index in [0.29, 0.717) is 64.6 Å². The fourth-order valence-corrected chi connectivity index (χ4v) is 7.70. The molecule has 0 aromatic heterocycles. The highest BCUT2D eigenvalue weighted by Crippen LogP contribution is 2.47. The topological polar surface area (TPSA) is 177 Å². The minimum Gasteiger partial charge on any atom is -0.343 e. The molecule has 4 amide bonds. The van der Waals surface area contributed by atoms with E-state index in [0.717, 1.165) is 11.1 Å². The van der Waals surface area contributed by atoms with Crippen LogP contribution in [0.4, 0.5) is 0 Å². The van der Waals surface area contributed by atoms with Crippen LogP contribution in [0.15, 0.2) is 60.7 Å². The number of carbonyl (C=O) groups excluding carboxylic acids is 4. The minimum atomic E-state index is -2.26. The molecular formula is C37H57N6O5P. The molecule has 4 atom stereocenters. The van der Waals surface area contributed by atoms with E-state index in [4.69, 9.17) is 11.5 Å². The van der Waals surface area contributed by atoms with Crippen molar-refractivity contribution in [2.24, 2.45) is 17.4 Å². The zero-order valence-electron chi connectivity index (χ0n) is 29.6. The van der Waals surface area contributed by atoms with Gasteiger partial charge < -0.3 is 36.9 Å². The molecule has 0 bridgehead atoms. The molecule has 12 heteroatoms. The fraction of sp³-hybridized carbons (Fsp3) is 0.568. The van der Waals surface area contributed by atoms with Gasteiger partial charge in [0.2, 0.25) is 23.6 Å². The van der Waals surface area contributed by atoms with Crippen molar-refractivity contribution in [2.45, 2.75) is 95.0 Å². The Hall–Kier alpha value is -3.53. The summed E-state index contributed by atoms with van der Waals surface area (Å²) in [4.78, 5) is 56.5. The largest absolute Gasteiger partial charge is 0.343 e. The van der Waals surface area contributed by atoms with E-state index in [1.165, 1.54) is 0 Å². The second-order valence-corrected chi connectivity index (χ2v) is 17.7. The number of rotatable bonds is 18. The summed E-state index contributed by atoms with van der Waals surface area (Å²) in [5.74, 6) is -1.58. The molecule has 4 unspecified atom stereocenters. The smallest absolute Gasteiger partial charge is 0.245 e. The average Bonchev–Trinajstić information content (AvgIpc) is 3.07. The molecule has 270 valence electrons. The summed E-state index contributed by atoms with van der Waals surface area (Å²) in [7, 11) is -2.26. The second kappa shape index (κ2) is 19.6. The van der Waals surface area contributed by atoms with Crippen molar-refractivity contribution in [2.75, 3.05) is 33.0 Å². The zero-order chi connectivity index (χ0) is 36.0. The Kier molecular flexibility index (Phi) is 16.0. The Morgan fingerprint density at radius 1 is 0.776 bits per heavy atom. The Labute approximate surface area is 292 Å². The van der Waals surface area contributed by atoms with Crippen molar-refractivity contribution in [3.8, 4) is 0 Å². The molecule has 1 aliphatic rings. The number of benzene rings is 2. The lowest BCUT2D eigenvalue weighted by molar-refractivity contribution is -0.138. The molecule has 0 radical (unpaired) electrons. The minimum absolute atomic E-state index is 0.0432. The molecule has 0 aliphatic carbocycles. The SMILES string of the molecule is CC(C)CC(NC(=O)C(Cc1ccccc1)NC(=O)C(N)Cc1ccccc1)C(=O)NC(CCCCN)C(=O)N1CCC(P(C)(C)=O)CC1. The lowest BCUT2D eigenvalue weighted by atomic mass is 9.99. The monoisotopic (exact) mass is 696 g/mol. The highest BCUT2D eigenvalue weighted by molar-refractivity contribution is 7.63. The molecule has 2 aromatic rings. The number of nitrogens with two attached hydrogens (primary N) is 2. The van der Waals surface area contributed by atoms with Gasteiger partial charge in [-0.1, -0.05) is 74.5 Å². The summed E-state index contributed by atoms with van der Waals surface area (Å²) in [6.45, 7) is 8.93. The third kappa shape index (κ3) is 13.4. The number of unbranched alkanes of at least 4 members (excludes halogenated alkanes) is 1. The summed E-state index contributed by atoms with van der Waals surface area (Å²) >= 11 is 0. The number of hydrogen-bond donors (Lipinski definition) is 5. The molecule has 1 fully saturated rings. The van der Waals surface area contributed by atoms with E-state index >= 15 is 0 Å². The molecule has 11 nitrogen and oxygen atoms in total. The number of carbonyl (C=O) groups is 4. The highest BCUT2D eigenvalue weighted by Gasteiger charge is 2.35. The second-order valence-electron chi connectivity index (χ2n) is 14.1. The van der Waals surface area contributed by atoms with E-state index < -0.39 is 49.0 Å². The summed E-state index contributed by atoms with van der Waals surface area (Å²) in [5.41, 5.74) is 13.8. The van der Waals surface area contributed by atoms with Gasteiger partial charge >= 0.3 is 0 Å². The van der Waals surface area contributed by atoms with E-state index in [1.54, 1.807) is 18.2 Å². The van der Waals surface area contributed by atoms with Crippen LogP contribution in [-0.4, -0.2) is 91.3 Å². The van der Waals surface area contributed by atoms with E-state index in [9.17, 15) is 23.7 Å². The molecule has 49 heavy (non-hydrogen) atoms. The molecular weight excluding hydrogens is 639 g/mol. The molecule has 1 saturated heterocycles. The first-order valence-corrected chi connectivity index (χ1v) is 20.2. The standard InChI is InChI=1S/C37H57N6O5P/c1-26(2)23-32(35(45)40-31(17-11-12-20-38)37(47)43-21-18-29(19-22-43)49(3,4)48)42-36(46)33(25-28-15-9-6-10-16-28)41-34(44)30(39)24-27-13-7-5-8-14-27/h5-10,13-16,26,29-33H,11-12,17-25,38-39H2,1-4H3,(H,40,45)(H,41,44)(H,42,46). The maximum atomic E-state index is 13.9. The number of piperidine rings is 1. The van der Waals surface area contributed by atoms with Gasteiger partial charge in [0.1, 0.15) is 18.1 Å². The predicted molar refractivity (Wildman–Crippen MR) is 195 cm³/mol. The molecule has 0 saturated carbocycles. The predicted octanol–water partition coefficient (Wildman–Crippen LogP) is 3.04. The van der Waals surface area contributed by atoms with Gasteiger partial charge in [-0.3, -0.25) is 19.2 Å². The number of likely N-dealkylation sites (tertiary alicyclic amines) is 1. The van der Waals surface area contributed by atoms with Crippen LogP contribution in [0.2, 0.25) is 0 Å². The van der Waals surface area contributed by atoms with Crippen LogP contribution >= 0.6 is 7.14 Å². The number of nitrogens with one attached hydrogen (secondary N) is 3. The third-order valence-corrected chi connectivity index (χ3v) is 11.4. The van der Waals surface area contributed by atoms with Crippen LogP contribution in [0.3, 0.4) is 0 Å². The first-order valence-electron chi connectivity index (χ1n) is 17.6. The fourth-order valence-electron chi connectivity index (χ4n) is 6.22. The highest BCUT2D eigenvalue weighted by atomic mass is 31.2.